The van der Waals surface area contributed by atoms with Gasteiger partial charge in [0.05, 0.1) is 0 Å². The lowest BCUT2D eigenvalue weighted by atomic mass is 10.1. The average Bonchev–Trinajstić information content (AvgIpc) is 3.48. The largest absolute Gasteiger partial charge is 0.143 e. The number of rotatable bonds is 1. The van der Waals surface area contributed by atoms with Gasteiger partial charge in [-0.3, -0.25) is 0 Å². The van der Waals surface area contributed by atoms with Crippen LogP contribution in [0, 0.1) is 10.4 Å². The first-order valence-corrected chi connectivity index (χ1v) is 10.4. The van der Waals surface area contributed by atoms with Crippen LogP contribution < -0.4 is 10.4 Å². The minimum Gasteiger partial charge on any atom is -0.143 e. The summed E-state index contributed by atoms with van der Waals surface area (Å²) in [6.45, 7) is 0. The maximum atomic E-state index is 2.30. The fraction of sp³-hybridized carbons (Fsp3) is 0. The highest BCUT2D eigenvalue weighted by Gasteiger charge is 2.08. The second kappa shape index (κ2) is 6.56. The molecule has 0 spiro atoms. The molecule has 0 N–H and O–H groups in total. The lowest BCUT2D eigenvalue weighted by Crippen LogP contribution is -2.03. The Morgan fingerprint density at radius 3 is 2.08 bits per heavy atom. The summed E-state index contributed by atoms with van der Waals surface area (Å²) in [5, 5.41) is 9.62. The van der Waals surface area contributed by atoms with E-state index in [-0.39, 0.29) is 0 Å². The molecule has 0 amide bonds. The van der Waals surface area contributed by atoms with Crippen LogP contribution in [0.3, 0.4) is 0 Å². The van der Waals surface area contributed by atoms with Crippen molar-refractivity contribution in [3.8, 4) is 9.75 Å². The SMILES string of the molecule is C1=Cc2c3c(ccc2=C1)=c1ccccc1=C3.c1csc(-c2cccs2)c1. The van der Waals surface area contributed by atoms with Gasteiger partial charge in [-0.15, -0.1) is 22.7 Å². The summed E-state index contributed by atoms with van der Waals surface area (Å²) in [4.78, 5) is 2.74. The second-order valence-electron chi connectivity index (χ2n) is 6.24. The number of fused-ring (bicyclic) bond motifs is 4. The van der Waals surface area contributed by atoms with Crippen LogP contribution in [0.5, 0.6) is 0 Å². The molecule has 2 aliphatic carbocycles. The predicted octanol–water partition coefficient (Wildman–Crippen LogP) is 5.40. The van der Waals surface area contributed by atoms with Gasteiger partial charge in [0.15, 0.2) is 0 Å². The molecule has 4 aromatic rings. The quantitative estimate of drug-likeness (QED) is 0.372. The molecule has 0 atom stereocenters. The van der Waals surface area contributed by atoms with Gasteiger partial charge in [-0.05, 0) is 61.0 Å². The van der Waals surface area contributed by atoms with Gasteiger partial charge in [0.2, 0.25) is 0 Å². The van der Waals surface area contributed by atoms with E-state index in [1.165, 1.54) is 41.8 Å². The third-order valence-corrected chi connectivity index (χ3v) is 6.63. The smallest absolute Gasteiger partial charge is 0.0442 e. The topological polar surface area (TPSA) is 0 Å². The van der Waals surface area contributed by atoms with Crippen LogP contribution >= 0.6 is 22.7 Å². The van der Waals surface area contributed by atoms with E-state index < -0.39 is 0 Å². The van der Waals surface area contributed by atoms with Crippen molar-refractivity contribution in [3.63, 3.8) is 0 Å². The van der Waals surface area contributed by atoms with Gasteiger partial charge in [0.25, 0.3) is 0 Å². The van der Waals surface area contributed by atoms with Crippen LogP contribution in [-0.2, 0) is 0 Å². The lowest BCUT2D eigenvalue weighted by Gasteiger charge is -1.98. The molecule has 2 aliphatic rings. The number of benzene rings is 2. The standard InChI is InChI=1S/C16H10.C8H6S2/c1-2-6-14-12(4-1)10-16-13-7-3-5-11(13)8-9-15(14)16;1-3-7(9-5-1)8-4-2-6-10-8/h1-10H;1-6H. The van der Waals surface area contributed by atoms with Crippen molar-refractivity contribution in [1.29, 1.82) is 0 Å². The molecule has 0 nitrogen and oxygen atoms in total. The van der Waals surface area contributed by atoms with E-state index in [1.54, 1.807) is 22.7 Å². The summed E-state index contributed by atoms with van der Waals surface area (Å²) in [5.41, 5.74) is 2.75. The zero-order valence-electron chi connectivity index (χ0n) is 14.1. The molecule has 0 aliphatic heterocycles. The zero-order chi connectivity index (χ0) is 17.3. The van der Waals surface area contributed by atoms with Gasteiger partial charge >= 0.3 is 0 Å². The molecule has 0 unspecified atom stereocenters. The van der Waals surface area contributed by atoms with Crippen LogP contribution in [0.4, 0.5) is 0 Å². The van der Waals surface area contributed by atoms with E-state index in [0.29, 0.717) is 0 Å². The fourth-order valence-corrected chi connectivity index (χ4v) is 5.06. The molecule has 2 heterocycles. The van der Waals surface area contributed by atoms with E-state index in [1.807, 2.05) is 0 Å². The van der Waals surface area contributed by atoms with Gasteiger partial charge in [-0.1, -0.05) is 66.8 Å². The first kappa shape index (κ1) is 15.6. The maximum absolute atomic E-state index is 2.30. The van der Waals surface area contributed by atoms with Crippen molar-refractivity contribution < 1.29 is 0 Å². The van der Waals surface area contributed by atoms with Crippen LogP contribution in [0.25, 0.3) is 28.0 Å². The Labute approximate surface area is 160 Å². The summed E-state index contributed by atoms with van der Waals surface area (Å²) >= 11 is 3.58. The summed E-state index contributed by atoms with van der Waals surface area (Å²) in [5.74, 6) is 0. The zero-order valence-corrected chi connectivity index (χ0v) is 15.7. The fourth-order valence-electron chi connectivity index (χ4n) is 3.48. The normalized spacial score (nSPS) is 12.3. The Kier molecular flexibility index (Phi) is 3.93. The van der Waals surface area contributed by atoms with Crippen molar-refractivity contribution in [2.75, 3.05) is 0 Å². The van der Waals surface area contributed by atoms with Crippen LogP contribution in [-0.4, -0.2) is 0 Å². The minimum atomic E-state index is 1.34. The van der Waals surface area contributed by atoms with E-state index in [4.69, 9.17) is 0 Å². The Morgan fingerprint density at radius 1 is 0.577 bits per heavy atom. The molecule has 0 saturated carbocycles. The van der Waals surface area contributed by atoms with E-state index in [9.17, 15) is 0 Å². The summed E-state index contributed by atoms with van der Waals surface area (Å²) in [6, 6.07) is 21.5. The third kappa shape index (κ3) is 2.68. The molecule has 0 radical (unpaired) electrons. The van der Waals surface area contributed by atoms with Gasteiger partial charge in [0, 0.05) is 9.75 Å². The Morgan fingerprint density at radius 2 is 1.35 bits per heavy atom. The van der Waals surface area contributed by atoms with Gasteiger partial charge in [0.1, 0.15) is 0 Å². The monoisotopic (exact) mass is 368 g/mol. The van der Waals surface area contributed by atoms with E-state index in [2.05, 4.69) is 95.7 Å². The van der Waals surface area contributed by atoms with Crippen molar-refractivity contribution in [3.05, 3.63) is 110 Å². The maximum Gasteiger partial charge on any atom is 0.0442 e. The number of allylic oxidation sites excluding steroid dienone is 1. The molecule has 0 fully saturated rings. The number of hydrogen-bond acceptors (Lipinski definition) is 2. The predicted molar refractivity (Wildman–Crippen MR) is 115 cm³/mol. The highest BCUT2D eigenvalue weighted by molar-refractivity contribution is 7.20. The highest BCUT2D eigenvalue weighted by atomic mass is 32.1. The molecule has 124 valence electrons. The van der Waals surface area contributed by atoms with Gasteiger partial charge < -0.3 is 0 Å². The van der Waals surface area contributed by atoms with Crippen molar-refractivity contribution >= 4 is 40.9 Å². The average molecular weight is 369 g/mol. The van der Waals surface area contributed by atoms with Gasteiger partial charge in [-0.25, -0.2) is 0 Å². The summed E-state index contributed by atoms with van der Waals surface area (Å²) in [6.07, 6.45) is 8.80. The lowest BCUT2D eigenvalue weighted by molar-refractivity contribution is 1.45. The number of hydrogen-bond donors (Lipinski definition) is 0. The molecule has 0 saturated heterocycles. The third-order valence-electron chi connectivity index (χ3n) is 4.70. The van der Waals surface area contributed by atoms with E-state index >= 15 is 0 Å². The Balaban J connectivity index is 0.000000129. The van der Waals surface area contributed by atoms with Crippen LogP contribution in [0.2, 0.25) is 0 Å². The molecule has 26 heavy (non-hydrogen) atoms. The van der Waals surface area contributed by atoms with Crippen molar-refractivity contribution in [2.45, 2.75) is 0 Å². The van der Waals surface area contributed by atoms with Crippen molar-refractivity contribution in [1.82, 2.24) is 0 Å². The Hall–Kier alpha value is -2.68. The Bertz CT molecular complexity index is 1270. The molecule has 6 rings (SSSR count). The summed E-state index contributed by atoms with van der Waals surface area (Å²) < 4.78 is 0. The molecular formula is C24H16S2. The van der Waals surface area contributed by atoms with Gasteiger partial charge in [-0.2, -0.15) is 0 Å². The van der Waals surface area contributed by atoms with Crippen LogP contribution in [0.15, 0.2) is 77.5 Å². The molecule has 2 heteroatoms. The first-order valence-electron chi connectivity index (χ1n) is 8.60. The number of thiophene rings is 2. The molecule has 2 aromatic carbocycles. The molecule has 0 bridgehead atoms. The van der Waals surface area contributed by atoms with E-state index in [0.717, 1.165) is 0 Å². The second-order valence-corrected chi connectivity index (χ2v) is 8.14. The van der Waals surface area contributed by atoms with Crippen molar-refractivity contribution in [2.24, 2.45) is 0 Å². The molecule has 2 aromatic heterocycles. The summed E-state index contributed by atoms with van der Waals surface area (Å²) in [7, 11) is 0. The first-order chi connectivity index (χ1) is 12.9. The highest BCUT2D eigenvalue weighted by Crippen LogP contribution is 2.28. The minimum absolute atomic E-state index is 1.34. The van der Waals surface area contributed by atoms with Crippen LogP contribution in [0.1, 0.15) is 11.1 Å². The molecular weight excluding hydrogens is 352 g/mol.